The highest BCUT2D eigenvalue weighted by Gasteiger charge is 2.15. The third-order valence-corrected chi connectivity index (χ3v) is 4.64. The third kappa shape index (κ3) is 2.28. The van der Waals surface area contributed by atoms with Gasteiger partial charge in [0.05, 0.1) is 17.6 Å². The highest BCUT2D eigenvalue weighted by atomic mass is 32.1. The molecular weight excluding hydrogens is 326 g/mol. The number of benzene rings is 1. The van der Waals surface area contributed by atoms with Crippen LogP contribution < -0.4 is 10.9 Å². The zero-order valence-electron chi connectivity index (χ0n) is 12.8. The van der Waals surface area contributed by atoms with E-state index in [1.807, 2.05) is 35.9 Å². The standard InChI is InChI=1S/C16H13N5O2S/c1-20-12-5-3-2-4-11(12)19-13(20)9-17-14(22)10-8-18-16-21(15(10)23)6-7-24-16/h2-8H,9H2,1H3,(H,17,22). The maximum absolute atomic E-state index is 12.3. The van der Waals surface area contributed by atoms with Crippen molar-refractivity contribution in [1.29, 1.82) is 0 Å². The monoisotopic (exact) mass is 339 g/mol. The van der Waals surface area contributed by atoms with Gasteiger partial charge in [-0.1, -0.05) is 12.1 Å². The molecule has 0 spiro atoms. The van der Waals surface area contributed by atoms with Gasteiger partial charge in [-0.2, -0.15) is 0 Å². The summed E-state index contributed by atoms with van der Waals surface area (Å²) in [5.74, 6) is 0.259. The summed E-state index contributed by atoms with van der Waals surface area (Å²) in [6, 6.07) is 7.74. The summed E-state index contributed by atoms with van der Waals surface area (Å²) >= 11 is 1.34. The molecule has 4 rings (SSSR count). The fourth-order valence-corrected chi connectivity index (χ4v) is 3.26. The number of thiazole rings is 1. The second-order valence-electron chi connectivity index (χ2n) is 5.29. The molecule has 3 aromatic heterocycles. The Morgan fingerprint density at radius 1 is 1.33 bits per heavy atom. The lowest BCUT2D eigenvalue weighted by molar-refractivity contribution is 0.0947. The zero-order valence-corrected chi connectivity index (χ0v) is 13.6. The van der Waals surface area contributed by atoms with Gasteiger partial charge < -0.3 is 9.88 Å². The number of amides is 1. The van der Waals surface area contributed by atoms with Crippen molar-refractivity contribution in [3.63, 3.8) is 0 Å². The maximum atomic E-state index is 12.3. The van der Waals surface area contributed by atoms with Crippen LogP contribution in [0.5, 0.6) is 0 Å². The minimum absolute atomic E-state index is 0.0182. The third-order valence-electron chi connectivity index (χ3n) is 3.87. The van der Waals surface area contributed by atoms with E-state index in [4.69, 9.17) is 0 Å². The van der Waals surface area contributed by atoms with E-state index in [2.05, 4.69) is 15.3 Å². The van der Waals surface area contributed by atoms with Crippen LogP contribution in [0.3, 0.4) is 0 Å². The number of nitrogens with zero attached hydrogens (tertiary/aromatic N) is 4. The molecule has 0 fully saturated rings. The predicted molar refractivity (Wildman–Crippen MR) is 91.2 cm³/mol. The van der Waals surface area contributed by atoms with Crippen molar-refractivity contribution >= 4 is 33.2 Å². The molecule has 3 heterocycles. The summed E-state index contributed by atoms with van der Waals surface area (Å²) in [7, 11) is 1.89. The molecule has 0 bridgehead atoms. The maximum Gasteiger partial charge on any atom is 0.271 e. The first-order valence-corrected chi connectivity index (χ1v) is 8.16. The number of fused-ring (bicyclic) bond motifs is 2. The van der Waals surface area contributed by atoms with Crippen LogP contribution in [0.2, 0.25) is 0 Å². The number of carbonyl (C=O) groups excluding carboxylic acids is 1. The van der Waals surface area contributed by atoms with E-state index in [0.717, 1.165) is 11.0 Å². The number of hydrogen-bond acceptors (Lipinski definition) is 5. The van der Waals surface area contributed by atoms with Gasteiger partial charge in [0.1, 0.15) is 11.4 Å². The second kappa shape index (κ2) is 5.57. The van der Waals surface area contributed by atoms with Gasteiger partial charge in [-0.3, -0.25) is 14.0 Å². The Labute approximate surface area is 140 Å². The van der Waals surface area contributed by atoms with E-state index in [0.29, 0.717) is 10.8 Å². The number of para-hydroxylation sites is 2. The molecule has 0 aliphatic carbocycles. The summed E-state index contributed by atoms with van der Waals surface area (Å²) in [5.41, 5.74) is 1.50. The van der Waals surface area contributed by atoms with Crippen molar-refractivity contribution in [2.75, 3.05) is 0 Å². The molecule has 24 heavy (non-hydrogen) atoms. The van der Waals surface area contributed by atoms with Crippen LogP contribution in [0.15, 0.2) is 46.8 Å². The van der Waals surface area contributed by atoms with Crippen LogP contribution in [-0.2, 0) is 13.6 Å². The lowest BCUT2D eigenvalue weighted by atomic mass is 10.3. The quantitative estimate of drug-likeness (QED) is 0.614. The van der Waals surface area contributed by atoms with Gasteiger partial charge in [0, 0.05) is 24.8 Å². The van der Waals surface area contributed by atoms with E-state index >= 15 is 0 Å². The number of hydrogen-bond donors (Lipinski definition) is 1. The minimum Gasteiger partial charge on any atom is -0.345 e. The smallest absolute Gasteiger partial charge is 0.271 e. The molecule has 0 atom stereocenters. The first-order valence-electron chi connectivity index (χ1n) is 7.28. The number of nitrogens with one attached hydrogen (secondary N) is 1. The Bertz CT molecular complexity index is 1120. The molecule has 4 aromatic rings. The normalized spacial score (nSPS) is 11.2. The average Bonchev–Trinajstić information content (AvgIpc) is 3.19. The van der Waals surface area contributed by atoms with Crippen LogP contribution in [0.25, 0.3) is 16.0 Å². The van der Waals surface area contributed by atoms with Gasteiger partial charge in [0.2, 0.25) is 0 Å². The van der Waals surface area contributed by atoms with Gasteiger partial charge in [-0.05, 0) is 12.1 Å². The van der Waals surface area contributed by atoms with Crippen LogP contribution in [0, 0.1) is 0 Å². The highest BCUT2D eigenvalue weighted by molar-refractivity contribution is 7.15. The van der Waals surface area contributed by atoms with Crippen molar-refractivity contribution in [2.24, 2.45) is 7.05 Å². The number of rotatable bonds is 3. The van der Waals surface area contributed by atoms with Gasteiger partial charge in [-0.15, -0.1) is 11.3 Å². The Kier molecular flexibility index (Phi) is 3.39. The Hall–Kier alpha value is -3.00. The van der Waals surface area contributed by atoms with Crippen LogP contribution in [-0.4, -0.2) is 24.8 Å². The Balaban J connectivity index is 1.60. The van der Waals surface area contributed by atoms with Crippen LogP contribution in [0.1, 0.15) is 16.2 Å². The molecule has 0 saturated heterocycles. The summed E-state index contributed by atoms with van der Waals surface area (Å²) < 4.78 is 3.29. The summed E-state index contributed by atoms with van der Waals surface area (Å²) in [6.45, 7) is 0.232. The second-order valence-corrected chi connectivity index (χ2v) is 6.16. The lowest BCUT2D eigenvalue weighted by Crippen LogP contribution is -2.31. The van der Waals surface area contributed by atoms with E-state index in [1.165, 1.54) is 21.9 Å². The summed E-state index contributed by atoms with van der Waals surface area (Å²) in [4.78, 5) is 33.8. The number of aromatic nitrogens is 4. The fourth-order valence-electron chi connectivity index (χ4n) is 2.59. The minimum atomic E-state index is -0.458. The van der Waals surface area contributed by atoms with E-state index < -0.39 is 5.91 Å². The van der Waals surface area contributed by atoms with Gasteiger partial charge >= 0.3 is 0 Å². The zero-order chi connectivity index (χ0) is 16.7. The largest absolute Gasteiger partial charge is 0.345 e. The van der Waals surface area contributed by atoms with Gasteiger partial charge in [0.15, 0.2) is 4.96 Å². The molecule has 8 heteroatoms. The summed E-state index contributed by atoms with van der Waals surface area (Å²) in [6.07, 6.45) is 2.93. The molecule has 1 amide bonds. The number of imidazole rings is 1. The van der Waals surface area contributed by atoms with Crippen molar-refractivity contribution in [3.8, 4) is 0 Å². The first kappa shape index (κ1) is 14.6. The van der Waals surface area contributed by atoms with E-state index in [1.54, 1.807) is 11.6 Å². The molecule has 1 N–H and O–H groups in total. The molecule has 7 nitrogen and oxygen atoms in total. The molecule has 0 aliphatic heterocycles. The van der Waals surface area contributed by atoms with E-state index in [-0.39, 0.29) is 17.7 Å². The van der Waals surface area contributed by atoms with Gasteiger partial charge in [-0.25, -0.2) is 9.97 Å². The summed E-state index contributed by atoms with van der Waals surface area (Å²) in [5, 5.41) is 4.50. The van der Waals surface area contributed by atoms with Crippen molar-refractivity contribution in [3.05, 3.63) is 63.8 Å². The van der Waals surface area contributed by atoms with Gasteiger partial charge in [0.25, 0.3) is 11.5 Å². The Morgan fingerprint density at radius 2 is 2.17 bits per heavy atom. The first-order chi connectivity index (χ1) is 11.6. The fraction of sp³-hybridized carbons (Fsp3) is 0.125. The molecule has 0 radical (unpaired) electrons. The molecule has 120 valence electrons. The van der Waals surface area contributed by atoms with Crippen molar-refractivity contribution in [1.82, 2.24) is 24.3 Å². The SMILES string of the molecule is Cn1c(CNC(=O)c2cnc3sccn3c2=O)nc2ccccc21. The number of aryl methyl sites for hydroxylation is 1. The van der Waals surface area contributed by atoms with Crippen LogP contribution in [0.4, 0.5) is 0 Å². The molecular formula is C16H13N5O2S. The predicted octanol–water partition coefficient (Wildman–Crippen LogP) is 1.57. The molecule has 0 aliphatic rings. The molecule has 1 aromatic carbocycles. The van der Waals surface area contributed by atoms with Crippen molar-refractivity contribution < 1.29 is 4.79 Å². The Morgan fingerprint density at radius 3 is 3.00 bits per heavy atom. The highest BCUT2D eigenvalue weighted by Crippen LogP contribution is 2.14. The molecule has 0 saturated carbocycles. The molecule has 0 unspecified atom stereocenters. The van der Waals surface area contributed by atoms with E-state index in [9.17, 15) is 9.59 Å². The van der Waals surface area contributed by atoms with Crippen LogP contribution >= 0.6 is 11.3 Å². The average molecular weight is 339 g/mol. The lowest BCUT2D eigenvalue weighted by Gasteiger charge is -2.05. The topological polar surface area (TPSA) is 81.3 Å². The van der Waals surface area contributed by atoms with Crippen molar-refractivity contribution in [2.45, 2.75) is 6.54 Å². The number of carbonyl (C=O) groups is 1.